The van der Waals surface area contributed by atoms with E-state index in [2.05, 4.69) is 9.97 Å². The largest absolute Gasteiger partial charge is 0.465 e. The van der Waals surface area contributed by atoms with Crippen LogP contribution < -0.4 is 5.56 Å². The maximum atomic E-state index is 12.5. The van der Waals surface area contributed by atoms with E-state index in [9.17, 15) is 9.59 Å². The smallest absolute Gasteiger partial charge is 0.338 e. The quantitative estimate of drug-likeness (QED) is 0.567. The molecule has 3 aromatic rings. The number of carbonyl (C=O) groups excluding carboxylic acids is 1. The maximum Gasteiger partial charge on any atom is 0.338 e. The zero-order chi connectivity index (χ0) is 18.1. The molecule has 0 amide bonds. The number of methoxy groups -OCH3 is 1. The van der Waals surface area contributed by atoms with E-state index in [1.807, 2.05) is 13.8 Å². The summed E-state index contributed by atoms with van der Waals surface area (Å²) in [5, 5.41) is 0.149. The maximum absolute atomic E-state index is 12.5. The van der Waals surface area contributed by atoms with Crippen LogP contribution in [0.1, 0.15) is 36.7 Å². The van der Waals surface area contributed by atoms with Crippen LogP contribution in [0.2, 0.25) is 0 Å². The average molecular weight is 359 g/mol. The summed E-state index contributed by atoms with van der Waals surface area (Å²) in [7, 11) is 1.26. The van der Waals surface area contributed by atoms with Crippen LogP contribution in [0.25, 0.3) is 22.5 Å². The second-order valence-electron chi connectivity index (χ2n) is 5.61. The number of aromatic amines is 1. The number of hydrogen-bond donors (Lipinski definition) is 1. The number of esters is 1. The van der Waals surface area contributed by atoms with E-state index in [1.165, 1.54) is 19.4 Å². The molecule has 0 aliphatic rings. The summed E-state index contributed by atoms with van der Waals surface area (Å²) in [6.07, 6.45) is 2.29. The number of fused-ring (bicyclic) bond motifs is 1. The van der Waals surface area contributed by atoms with Gasteiger partial charge in [0.05, 0.1) is 24.3 Å². The standard InChI is InChI=1S/C17H17N3O4S/c1-4-9(2)20-14-13(15(21)19-17(20)25)10(16(22)23-3)8-11(18-14)12-6-5-7-24-12/h5-9H,4H2,1-3H3,(H,19,21,25)/t9-/m1/s1. The highest BCUT2D eigenvalue weighted by Gasteiger charge is 2.21. The summed E-state index contributed by atoms with van der Waals surface area (Å²) < 4.78 is 12.2. The van der Waals surface area contributed by atoms with E-state index >= 15 is 0 Å². The van der Waals surface area contributed by atoms with Crippen LogP contribution in [0.3, 0.4) is 0 Å². The van der Waals surface area contributed by atoms with Gasteiger partial charge in [-0.25, -0.2) is 9.78 Å². The Balaban J connectivity index is 2.50. The monoisotopic (exact) mass is 359 g/mol. The van der Waals surface area contributed by atoms with Gasteiger partial charge in [-0.3, -0.25) is 14.3 Å². The van der Waals surface area contributed by atoms with Crippen molar-refractivity contribution < 1.29 is 13.9 Å². The highest BCUT2D eigenvalue weighted by Crippen LogP contribution is 2.26. The van der Waals surface area contributed by atoms with Crippen molar-refractivity contribution in [3.05, 3.63) is 45.2 Å². The first-order valence-corrected chi connectivity index (χ1v) is 8.20. The van der Waals surface area contributed by atoms with Gasteiger partial charge in [0.25, 0.3) is 5.56 Å². The van der Waals surface area contributed by atoms with Crippen molar-refractivity contribution in [3.63, 3.8) is 0 Å². The Bertz CT molecular complexity index is 1050. The van der Waals surface area contributed by atoms with Gasteiger partial charge in [-0.15, -0.1) is 0 Å². The van der Waals surface area contributed by atoms with Crippen molar-refractivity contribution in [2.24, 2.45) is 0 Å². The third-order valence-corrected chi connectivity index (χ3v) is 4.40. The predicted octanol–water partition coefficient (Wildman–Crippen LogP) is 3.47. The molecule has 7 nitrogen and oxygen atoms in total. The van der Waals surface area contributed by atoms with Gasteiger partial charge in [0.15, 0.2) is 10.5 Å². The van der Waals surface area contributed by atoms with Gasteiger partial charge < -0.3 is 9.15 Å². The van der Waals surface area contributed by atoms with Crippen LogP contribution in [0.15, 0.2) is 33.7 Å². The van der Waals surface area contributed by atoms with Crippen LogP contribution >= 0.6 is 12.2 Å². The number of ether oxygens (including phenoxy) is 1. The van der Waals surface area contributed by atoms with Gasteiger partial charge in [0.2, 0.25) is 0 Å². The Labute approximate surface area is 148 Å². The van der Waals surface area contributed by atoms with E-state index in [0.717, 1.165) is 6.42 Å². The van der Waals surface area contributed by atoms with Gasteiger partial charge in [0.1, 0.15) is 11.3 Å². The number of H-pyrrole nitrogens is 1. The third kappa shape index (κ3) is 2.89. The normalized spacial score (nSPS) is 12.3. The number of carbonyl (C=O) groups is 1. The molecule has 3 heterocycles. The number of hydrogen-bond acceptors (Lipinski definition) is 6. The van der Waals surface area contributed by atoms with Crippen LogP contribution in [0.4, 0.5) is 0 Å². The lowest BCUT2D eigenvalue weighted by atomic mass is 10.1. The molecule has 0 saturated heterocycles. The highest BCUT2D eigenvalue weighted by atomic mass is 32.1. The van der Waals surface area contributed by atoms with Gasteiger partial charge in [0, 0.05) is 6.04 Å². The minimum atomic E-state index is -0.626. The SMILES string of the molecule is CC[C@@H](C)n1c(=S)[nH]c(=O)c2c(C(=O)OC)cc(-c3ccco3)nc21. The highest BCUT2D eigenvalue weighted by molar-refractivity contribution is 7.71. The molecule has 1 N–H and O–H groups in total. The molecule has 3 aromatic heterocycles. The molecule has 0 aliphatic carbocycles. The summed E-state index contributed by atoms with van der Waals surface area (Å²) in [5.74, 6) is -0.146. The zero-order valence-corrected chi connectivity index (χ0v) is 14.8. The lowest BCUT2D eigenvalue weighted by molar-refractivity contribution is 0.0603. The topological polar surface area (TPSA) is 90.1 Å². The number of furan rings is 1. The first-order chi connectivity index (χ1) is 12.0. The Morgan fingerprint density at radius 2 is 2.28 bits per heavy atom. The van der Waals surface area contributed by atoms with Gasteiger partial charge in [-0.2, -0.15) is 0 Å². The number of rotatable bonds is 4. The zero-order valence-electron chi connectivity index (χ0n) is 14.0. The Morgan fingerprint density at radius 1 is 1.52 bits per heavy atom. The van der Waals surface area contributed by atoms with E-state index in [4.69, 9.17) is 21.4 Å². The van der Waals surface area contributed by atoms with Crippen molar-refractivity contribution in [3.8, 4) is 11.5 Å². The first kappa shape index (κ1) is 17.1. The number of nitrogens with one attached hydrogen (secondary N) is 1. The van der Waals surface area contributed by atoms with Gasteiger partial charge in [-0.05, 0) is 43.8 Å². The summed E-state index contributed by atoms with van der Waals surface area (Å²) in [4.78, 5) is 31.9. The van der Waals surface area contributed by atoms with Crippen molar-refractivity contribution in [1.29, 1.82) is 0 Å². The van der Waals surface area contributed by atoms with E-state index < -0.39 is 11.5 Å². The molecule has 0 fully saturated rings. The van der Waals surface area contributed by atoms with Crippen LogP contribution in [-0.2, 0) is 4.74 Å². The molecule has 0 saturated carbocycles. The molecule has 130 valence electrons. The first-order valence-electron chi connectivity index (χ1n) is 7.79. The molecule has 0 aliphatic heterocycles. The second-order valence-corrected chi connectivity index (χ2v) is 6.00. The fraction of sp³-hybridized carbons (Fsp3) is 0.294. The molecule has 0 aromatic carbocycles. The molecular formula is C17H17N3O4S. The van der Waals surface area contributed by atoms with Crippen molar-refractivity contribution >= 4 is 29.2 Å². The molecule has 0 radical (unpaired) electrons. The Hall–Kier alpha value is -2.74. The van der Waals surface area contributed by atoms with E-state index in [0.29, 0.717) is 17.1 Å². The Kier molecular flexibility index (Phi) is 4.54. The lowest BCUT2D eigenvalue weighted by Crippen LogP contribution is -2.21. The Morgan fingerprint density at radius 3 is 2.88 bits per heavy atom. The average Bonchev–Trinajstić information content (AvgIpc) is 3.14. The molecule has 1 atom stereocenters. The summed E-state index contributed by atoms with van der Waals surface area (Å²) >= 11 is 5.32. The fourth-order valence-corrected chi connectivity index (χ4v) is 3.02. The number of pyridine rings is 1. The second kappa shape index (κ2) is 6.64. The summed E-state index contributed by atoms with van der Waals surface area (Å²) in [6, 6.07) is 4.92. The summed E-state index contributed by atoms with van der Waals surface area (Å²) in [6.45, 7) is 3.97. The molecule has 3 rings (SSSR count). The van der Waals surface area contributed by atoms with Crippen molar-refractivity contribution in [2.75, 3.05) is 7.11 Å². The van der Waals surface area contributed by atoms with Gasteiger partial charge in [-0.1, -0.05) is 6.92 Å². The fourth-order valence-electron chi connectivity index (χ4n) is 2.66. The van der Waals surface area contributed by atoms with Crippen LogP contribution in [0, 0.1) is 4.77 Å². The summed E-state index contributed by atoms with van der Waals surface area (Å²) in [5.41, 5.74) is 0.401. The molecule has 0 unspecified atom stereocenters. The van der Waals surface area contributed by atoms with Crippen LogP contribution in [0.5, 0.6) is 0 Å². The minimum Gasteiger partial charge on any atom is -0.465 e. The molecule has 0 bridgehead atoms. The lowest BCUT2D eigenvalue weighted by Gasteiger charge is -2.17. The minimum absolute atomic E-state index is 0.0169. The predicted molar refractivity (Wildman–Crippen MR) is 95.2 cm³/mol. The molecule has 0 spiro atoms. The van der Waals surface area contributed by atoms with Crippen molar-refractivity contribution in [2.45, 2.75) is 26.3 Å². The van der Waals surface area contributed by atoms with E-state index in [-0.39, 0.29) is 21.8 Å². The molecular weight excluding hydrogens is 342 g/mol. The molecule has 8 heteroatoms. The number of nitrogens with zero attached hydrogens (tertiary/aromatic N) is 2. The van der Waals surface area contributed by atoms with Gasteiger partial charge >= 0.3 is 5.97 Å². The molecule has 25 heavy (non-hydrogen) atoms. The third-order valence-electron chi connectivity index (χ3n) is 4.11. The van der Waals surface area contributed by atoms with E-state index in [1.54, 1.807) is 16.7 Å². The van der Waals surface area contributed by atoms with Crippen LogP contribution in [-0.4, -0.2) is 27.6 Å². The number of aromatic nitrogens is 3. The van der Waals surface area contributed by atoms with Crippen molar-refractivity contribution in [1.82, 2.24) is 14.5 Å².